The fourth-order valence-corrected chi connectivity index (χ4v) is 2.22. The number of carbonyl (C=O) groups excluding carboxylic acids is 2. The molecule has 2 amide bonds. The van der Waals surface area contributed by atoms with Crippen molar-refractivity contribution in [2.45, 2.75) is 0 Å². The van der Waals surface area contributed by atoms with E-state index in [1.807, 2.05) is 11.4 Å². The van der Waals surface area contributed by atoms with E-state index in [0.29, 0.717) is 22.7 Å². The van der Waals surface area contributed by atoms with Crippen LogP contribution in [0, 0.1) is 0 Å². The molecular formula is C15H14N2O2S. The molecule has 0 saturated carbocycles. The maximum absolute atomic E-state index is 11.9. The predicted octanol–water partition coefficient (Wildman–Crippen LogP) is 2.92. The number of nitrogens with one attached hydrogen (secondary N) is 2. The van der Waals surface area contributed by atoms with E-state index < -0.39 is 0 Å². The molecule has 0 aliphatic rings. The summed E-state index contributed by atoms with van der Waals surface area (Å²) in [7, 11) is 0. The second-order valence-electron chi connectivity index (χ2n) is 4.01. The van der Waals surface area contributed by atoms with E-state index >= 15 is 0 Å². The van der Waals surface area contributed by atoms with Crippen LogP contribution >= 0.6 is 11.3 Å². The maximum Gasteiger partial charge on any atom is 0.265 e. The van der Waals surface area contributed by atoms with Gasteiger partial charge in [-0.1, -0.05) is 18.2 Å². The molecule has 0 fully saturated rings. The summed E-state index contributed by atoms with van der Waals surface area (Å²) in [5.41, 5.74) is 1.09. The number of benzene rings is 1. The molecule has 1 aromatic heterocycles. The van der Waals surface area contributed by atoms with Crippen LogP contribution in [0.2, 0.25) is 0 Å². The highest BCUT2D eigenvalue weighted by molar-refractivity contribution is 7.12. The number of rotatable bonds is 5. The number of hydrogen-bond donors (Lipinski definition) is 2. The second-order valence-corrected chi connectivity index (χ2v) is 4.96. The zero-order valence-electron chi connectivity index (χ0n) is 10.8. The Labute approximate surface area is 121 Å². The third-order valence-electron chi connectivity index (χ3n) is 2.53. The SMILES string of the molecule is C=CCNC(=O)c1cccc(NC(=O)c2cccs2)c1. The summed E-state index contributed by atoms with van der Waals surface area (Å²) in [6.07, 6.45) is 1.61. The molecule has 2 N–H and O–H groups in total. The summed E-state index contributed by atoms with van der Waals surface area (Å²) in [4.78, 5) is 24.3. The zero-order chi connectivity index (χ0) is 14.4. The highest BCUT2D eigenvalue weighted by Crippen LogP contribution is 2.14. The third-order valence-corrected chi connectivity index (χ3v) is 3.40. The number of thiophene rings is 1. The van der Waals surface area contributed by atoms with Crippen LogP contribution in [0.15, 0.2) is 54.4 Å². The zero-order valence-corrected chi connectivity index (χ0v) is 11.6. The molecule has 0 saturated heterocycles. The van der Waals surface area contributed by atoms with Crippen molar-refractivity contribution in [2.24, 2.45) is 0 Å². The summed E-state index contributed by atoms with van der Waals surface area (Å²) < 4.78 is 0. The Kier molecular flexibility index (Phi) is 4.68. The first-order valence-electron chi connectivity index (χ1n) is 6.04. The predicted molar refractivity (Wildman–Crippen MR) is 81.2 cm³/mol. The molecule has 1 heterocycles. The second kappa shape index (κ2) is 6.68. The molecule has 0 bridgehead atoms. The van der Waals surface area contributed by atoms with Gasteiger partial charge in [-0.15, -0.1) is 17.9 Å². The van der Waals surface area contributed by atoms with Gasteiger partial charge in [-0.3, -0.25) is 9.59 Å². The van der Waals surface area contributed by atoms with Crippen molar-refractivity contribution < 1.29 is 9.59 Å². The topological polar surface area (TPSA) is 58.2 Å². The summed E-state index contributed by atoms with van der Waals surface area (Å²) in [6, 6.07) is 10.4. The Morgan fingerprint density at radius 3 is 2.75 bits per heavy atom. The van der Waals surface area contributed by atoms with Crippen LogP contribution in [0.1, 0.15) is 20.0 Å². The highest BCUT2D eigenvalue weighted by atomic mass is 32.1. The lowest BCUT2D eigenvalue weighted by atomic mass is 10.2. The van der Waals surface area contributed by atoms with Crippen molar-refractivity contribution in [3.05, 3.63) is 64.9 Å². The van der Waals surface area contributed by atoms with Gasteiger partial charge in [-0.05, 0) is 29.6 Å². The first kappa shape index (κ1) is 14.0. The average Bonchev–Trinajstić information content (AvgIpc) is 2.99. The molecule has 0 aliphatic carbocycles. The molecule has 5 heteroatoms. The van der Waals surface area contributed by atoms with E-state index in [4.69, 9.17) is 0 Å². The van der Waals surface area contributed by atoms with Gasteiger partial charge >= 0.3 is 0 Å². The molecule has 0 atom stereocenters. The lowest BCUT2D eigenvalue weighted by Gasteiger charge is -2.06. The van der Waals surface area contributed by atoms with Crippen LogP contribution in [0.4, 0.5) is 5.69 Å². The molecule has 0 radical (unpaired) electrons. The van der Waals surface area contributed by atoms with Gasteiger partial charge in [0.2, 0.25) is 0 Å². The van der Waals surface area contributed by atoms with Gasteiger partial charge in [0, 0.05) is 17.8 Å². The van der Waals surface area contributed by atoms with Gasteiger partial charge in [-0.2, -0.15) is 0 Å². The minimum absolute atomic E-state index is 0.177. The van der Waals surface area contributed by atoms with E-state index in [-0.39, 0.29) is 11.8 Å². The maximum atomic E-state index is 11.9. The molecule has 2 aromatic rings. The number of anilines is 1. The fraction of sp³-hybridized carbons (Fsp3) is 0.0667. The molecular weight excluding hydrogens is 272 g/mol. The van der Waals surface area contributed by atoms with Gasteiger partial charge < -0.3 is 10.6 Å². The fourth-order valence-electron chi connectivity index (χ4n) is 1.61. The van der Waals surface area contributed by atoms with Gasteiger partial charge in [-0.25, -0.2) is 0 Å². The lowest BCUT2D eigenvalue weighted by Crippen LogP contribution is -2.23. The van der Waals surface area contributed by atoms with Crippen molar-refractivity contribution >= 4 is 28.8 Å². The van der Waals surface area contributed by atoms with Crippen molar-refractivity contribution in [3.8, 4) is 0 Å². The van der Waals surface area contributed by atoms with E-state index in [1.54, 1.807) is 36.4 Å². The highest BCUT2D eigenvalue weighted by Gasteiger charge is 2.09. The number of hydrogen-bond acceptors (Lipinski definition) is 3. The normalized spacial score (nSPS) is 9.80. The van der Waals surface area contributed by atoms with Crippen molar-refractivity contribution in [2.75, 3.05) is 11.9 Å². The van der Waals surface area contributed by atoms with Crippen molar-refractivity contribution in [1.82, 2.24) is 5.32 Å². The molecule has 20 heavy (non-hydrogen) atoms. The van der Waals surface area contributed by atoms with Crippen LogP contribution in [0.5, 0.6) is 0 Å². The average molecular weight is 286 g/mol. The smallest absolute Gasteiger partial charge is 0.265 e. The molecule has 1 aromatic carbocycles. The van der Waals surface area contributed by atoms with Crippen molar-refractivity contribution in [3.63, 3.8) is 0 Å². The Bertz CT molecular complexity index is 621. The van der Waals surface area contributed by atoms with Gasteiger partial charge in [0.1, 0.15) is 0 Å². The lowest BCUT2D eigenvalue weighted by molar-refractivity contribution is 0.0956. The van der Waals surface area contributed by atoms with Crippen LogP contribution < -0.4 is 10.6 Å². The summed E-state index contributed by atoms with van der Waals surface area (Å²) in [6.45, 7) is 3.95. The van der Waals surface area contributed by atoms with E-state index in [2.05, 4.69) is 17.2 Å². The molecule has 0 unspecified atom stereocenters. The van der Waals surface area contributed by atoms with Crippen LogP contribution in [-0.4, -0.2) is 18.4 Å². The first-order valence-corrected chi connectivity index (χ1v) is 6.92. The largest absolute Gasteiger partial charge is 0.349 e. The molecule has 102 valence electrons. The standard InChI is InChI=1S/C15H14N2O2S/c1-2-8-16-14(18)11-5-3-6-12(10-11)17-15(19)13-7-4-9-20-13/h2-7,9-10H,1,8H2,(H,16,18)(H,17,19). The van der Waals surface area contributed by atoms with Gasteiger partial charge in [0.15, 0.2) is 0 Å². The minimum atomic E-state index is -0.197. The van der Waals surface area contributed by atoms with Gasteiger partial charge in [0.25, 0.3) is 11.8 Å². The van der Waals surface area contributed by atoms with Crippen LogP contribution in [0.25, 0.3) is 0 Å². The van der Waals surface area contributed by atoms with E-state index in [0.717, 1.165) is 0 Å². The molecule has 0 aliphatic heterocycles. The summed E-state index contributed by atoms with van der Waals surface area (Å²) in [5, 5.41) is 7.30. The summed E-state index contributed by atoms with van der Waals surface area (Å²) >= 11 is 1.37. The van der Waals surface area contributed by atoms with E-state index in [1.165, 1.54) is 11.3 Å². The first-order chi connectivity index (χ1) is 9.70. The number of amides is 2. The third kappa shape index (κ3) is 3.55. The Hall–Kier alpha value is -2.40. The Morgan fingerprint density at radius 1 is 1.20 bits per heavy atom. The molecule has 2 rings (SSSR count). The Balaban J connectivity index is 2.08. The van der Waals surface area contributed by atoms with E-state index in [9.17, 15) is 9.59 Å². The quantitative estimate of drug-likeness (QED) is 0.830. The van der Waals surface area contributed by atoms with Gasteiger partial charge in [0.05, 0.1) is 4.88 Å². The number of carbonyl (C=O) groups is 2. The van der Waals surface area contributed by atoms with Crippen LogP contribution in [0.3, 0.4) is 0 Å². The van der Waals surface area contributed by atoms with Crippen LogP contribution in [-0.2, 0) is 0 Å². The monoisotopic (exact) mass is 286 g/mol. The molecule has 0 spiro atoms. The minimum Gasteiger partial charge on any atom is -0.349 e. The van der Waals surface area contributed by atoms with Crippen molar-refractivity contribution in [1.29, 1.82) is 0 Å². The summed E-state index contributed by atoms with van der Waals surface area (Å²) in [5.74, 6) is -0.374. The Morgan fingerprint density at radius 2 is 2.05 bits per heavy atom. The molecule has 4 nitrogen and oxygen atoms in total.